The molecule has 2 atom stereocenters. The molecule has 2 heterocycles. The molecule has 1 aromatic carbocycles. The zero-order valence-electron chi connectivity index (χ0n) is 11.9. The Hall–Kier alpha value is -1.66. The normalized spacial score (nSPS) is 21.2. The lowest BCUT2D eigenvalue weighted by Crippen LogP contribution is -2.41. The van der Waals surface area contributed by atoms with Crippen molar-refractivity contribution in [3.8, 4) is 0 Å². The van der Waals surface area contributed by atoms with Gasteiger partial charge in [0.2, 0.25) is 5.91 Å². The zero-order chi connectivity index (χ0) is 15.7. The van der Waals surface area contributed by atoms with Crippen LogP contribution in [0.5, 0.6) is 0 Å². The maximum Gasteiger partial charge on any atom is 0.329 e. The molecule has 0 bridgehead atoms. The lowest BCUT2D eigenvalue weighted by Gasteiger charge is -2.26. The first-order chi connectivity index (χ1) is 10.6. The van der Waals surface area contributed by atoms with Crippen molar-refractivity contribution in [1.82, 2.24) is 0 Å². The minimum Gasteiger partial charge on any atom is -0.467 e. The van der Waals surface area contributed by atoms with E-state index in [1.54, 1.807) is 16.2 Å². The highest BCUT2D eigenvalue weighted by Gasteiger charge is 2.47. The summed E-state index contributed by atoms with van der Waals surface area (Å²) in [6, 6.07) is 10.7. The Morgan fingerprint density at radius 1 is 1.32 bits per heavy atom. The molecule has 1 fully saturated rings. The van der Waals surface area contributed by atoms with E-state index < -0.39 is 6.04 Å². The number of amides is 1. The first-order valence-corrected chi connectivity index (χ1v) is 8.48. The van der Waals surface area contributed by atoms with E-state index in [-0.39, 0.29) is 17.8 Å². The van der Waals surface area contributed by atoms with Gasteiger partial charge in [-0.05, 0) is 39.5 Å². The minimum absolute atomic E-state index is 0.0688. The number of para-hydroxylation sites is 1. The van der Waals surface area contributed by atoms with Gasteiger partial charge >= 0.3 is 5.97 Å². The summed E-state index contributed by atoms with van der Waals surface area (Å²) in [4.78, 5) is 27.5. The molecule has 1 amide bonds. The van der Waals surface area contributed by atoms with Crippen LogP contribution in [0.3, 0.4) is 0 Å². The molecule has 6 heteroatoms. The first-order valence-electron chi connectivity index (χ1n) is 6.81. The quantitative estimate of drug-likeness (QED) is 0.765. The molecule has 0 spiro atoms. The summed E-state index contributed by atoms with van der Waals surface area (Å²) in [6.45, 7) is 0. The Balaban J connectivity index is 2.06. The summed E-state index contributed by atoms with van der Waals surface area (Å²) < 4.78 is 5.74. The predicted octanol–water partition coefficient (Wildman–Crippen LogP) is 3.57. The van der Waals surface area contributed by atoms with Gasteiger partial charge in [0.15, 0.2) is 0 Å². The van der Waals surface area contributed by atoms with Gasteiger partial charge in [-0.3, -0.25) is 9.69 Å². The number of rotatable bonds is 3. The molecule has 3 rings (SSSR count). The van der Waals surface area contributed by atoms with E-state index >= 15 is 0 Å². The molecule has 0 aliphatic carbocycles. The van der Waals surface area contributed by atoms with E-state index in [2.05, 4.69) is 15.9 Å². The molecule has 1 aliphatic rings. The number of carbonyl (C=O) groups excluding carboxylic acids is 2. The molecular weight excluding hydrogens is 366 g/mol. The fourth-order valence-corrected chi connectivity index (χ4v) is 4.15. The van der Waals surface area contributed by atoms with Crippen molar-refractivity contribution in [1.29, 1.82) is 0 Å². The van der Waals surface area contributed by atoms with Crippen molar-refractivity contribution in [2.75, 3.05) is 12.0 Å². The molecule has 1 aliphatic heterocycles. The van der Waals surface area contributed by atoms with Crippen LogP contribution in [0.2, 0.25) is 0 Å². The zero-order valence-corrected chi connectivity index (χ0v) is 14.3. The average Bonchev–Trinajstić information content (AvgIpc) is 3.14. The third-order valence-electron chi connectivity index (χ3n) is 3.79. The van der Waals surface area contributed by atoms with Crippen LogP contribution in [-0.4, -0.2) is 25.0 Å². The Bertz CT molecular complexity index is 701. The highest BCUT2D eigenvalue weighted by molar-refractivity contribution is 9.10. The lowest BCUT2D eigenvalue weighted by atomic mass is 9.98. The number of hydrogen-bond donors (Lipinski definition) is 0. The SMILES string of the molecule is COC(=O)[C@@H]1[C@@H](c2cccs2)CC(=O)N1c1ccccc1Br. The van der Waals surface area contributed by atoms with Gasteiger partial charge in [0.25, 0.3) is 0 Å². The van der Waals surface area contributed by atoms with Crippen LogP contribution in [-0.2, 0) is 14.3 Å². The third-order valence-corrected chi connectivity index (χ3v) is 5.46. The second-order valence-corrected chi connectivity index (χ2v) is 6.84. The number of ether oxygens (including phenoxy) is 1. The van der Waals surface area contributed by atoms with Crippen molar-refractivity contribution in [3.63, 3.8) is 0 Å². The third kappa shape index (κ3) is 2.57. The number of thiophene rings is 1. The number of anilines is 1. The summed E-state index contributed by atoms with van der Waals surface area (Å²) in [5.41, 5.74) is 0.696. The van der Waals surface area contributed by atoms with Gasteiger partial charge in [0.05, 0.1) is 12.8 Å². The number of nitrogens with zero attached hydrogens (tertiary/aromatic N) is 1. The van der Waals surface area contributed by atoms with E-state index in [0.29, 0.717) is 12.1 Å². The van der Waals surface area contributed by atoms with E-state index in [0.717, 1.165) is 9.35 Å². The van der Waals surface area contributed by atoms with Crippen LogP contribution >= 0.6 is 27.3 Å². The topological polar surface area (TPSA) is 46.6 Å². The predicted molar refractivity (Wildman–Crippen MR) is 89.1 cm³/mol. The van der Waals surface area contributed by atoms with Gasteiger partial charge in [-0.15, -0.1) is 11.3 Å². The molecule has 1 saturated heterocycles. The molecule has 0 radical (unpaired) electrons. The molecule has 4 nitrogen and oxygen atoms in total. The van der Waals surface area contributed by atoms with Crippen LogP contribution < -0.4 is 4.90 Å². The van der Waals surface area contributed by atoms with E-state index in [9.17, 15) is 9.59 Å². The van der Waals surface area contributed by atoms with Gasteiger partial charge in [-0.2, -0.15) is 0 Å². The number of hydrogen-bond acceptors (Lipinski definition) is 4. The maximum atomic E-state index is 12.6. The first kappa shape index (κ1) is 15.2. The minimum atomic E-state index is -0.630. The van der Waals surface area contributed by atoms with Crippen molar-refractivity contribution >= 4 is 44.8 Å². The van der Waals surface area contributed by atoms with Crippen molar-refractivity contribution in [3.05, 3.63) is 51.1 Å². The van der Waals surface area contributed by atoms with Crippen LogP contribution in [0.4, 0.5) is 5.69 Å². The van der Waals surface area contributed by atoms with Crippen LogP contribution in [0.25, 0.3) is 0 Å². The Kier molecular flexibility index (Phi) is 4.31. The van der Waals surface area contributed by atoms with Gasteiger partial charge in [0, 0.05) is 21.7 Å². The highest BCUT2D eigenvalue weighted by Crippen LogP contribution is 2.41. The molecule has 2 aromatic rings. The summed E-state index contributed by atoms with van der Waals surface area (Å²) >= 11 is 5.01. The summed E-state index contributed by atoms with van der Waals surface area (Å²) in [5, 5.41) is 1.95. The van der Waals surface area contributed by atoms with Crippen LogP contribution in [0.15, 0.2) is 46.3 Å². The smallest absolute Gasteiger partial charge is 0.329 e. The van der Waals surface area contributed by atoms with E-state index in [4.69, 9.17) is 4.74 Å². The molecule has 0 N–H and O–H groups in total. The fraction of sp³-hybridized carbons (Fsp3) is 0.250. The maximum absolute atomic E-state index is 12.6. The molecular formula is C16H14BrNO3S. The Labute approximate surface area is 140 Å². The number of methoxy groups -OCH3 is 1. The number of benzene rings is 1. The summed E-state index contributed by atoms with van der Waals surface area (Å²) in [5.74, 6) is -0.632. The molecule has 1 aromatic heterocycles. The second kappa shape index (κ2) is 6.22. The van der Waals surface area contributed by atoms with E-state index in [1.807, 2.05) is 41.8 Å². The Morgan fingerprint density at radius 3 is 2.73 bits per heavy atom. The monoisotopic (exact) mass is 379 g/mol. The summed E-state index contributed by atoms with van der Waals surface area (Å²) in [7, 11) is 1.36. The van der Waals surface area contributed by atoms with Crippen molar-refractivity contribution in [2.45, 2.75) is 18.4 Å². The highest BCUT2D eigenvalue weighted by atomic mass is 79.9. The van der Waals surface area contributed by atoms with Crippen molar-refractivity contribution < 1.29 is 14.3 Å². The van der Waals surface area contributed by atoms with Gasteiger partial charge in [0.1, 0.15) is 6.04 Å². The largest absolute Gasteiger partial charge is 0.467 e. The molecule has 22 heavy (non-hydrogen) atoms. The van der Waals surface area contributed by atoms with Gasteiger partial charge in [-0.1, -0.05) is 18.2 Å². The summed E-state index contributed by atoms with van der Waals surface area (Å²) in [6.07, 6.45) is 0.307. The molecule has 114 valence electrons. The Morgan fingerprint density at radius 2 is 2.09 bits per heavy atom. The molecule has 0 unspecified atom stereocenters. The van der Waals surface area contributed by atoms with Gasteiger partial charge in [-0.25, -0.2) is 4.79 Å². The van der Waals surface area contributed by atoms with Gasteiger partial charge < -0.3 is 4.74 Å². The van der Waals surface area contributed by atoms with Crippen LogP contribution in [0.1, 0.15) is 17.2 Å². The van der Waals surface area contributed by atoms with Crippen molar-refractivity contribution in [2.24, 2.45) is 0 Å². The van der Waals surface area contributed by atoms with E-state index in [1.165, 1.54) is 7.11 Å². The number of esters is 1. The average molecular weight is 380 g/mol. The van der Waals surface area contributed by atoms with Crippen LogP contribution in [0, 0.1) is 0 Å². The number of carbonyl (C=O) groups is 2. The standard InChI is InChI=1S/C16H14BrNO3S/c1-21-16(20)15-10(13-7-4-8-22-13)9-14(19)18(15)12-6-3-2-5-11(12)17/h2-8,10,15H,9H2,1H3/t10-,15+/m1/s1. The number of halogens is 1. The lowest BCUT2D eigenvalue weighted by molar-refractivity contribution is -0.142. The second-order valence-electron chi connectivity index (χ2n) is 5.01. The molecule has 0 saturated carbocycles. The fourth-order valence-electron chi connectivity index (χ4n) is 2.81.